The number of aromatic nitrogens is 2. The zero-order chi connectivity index (χ0) is 41.7. The van der Waals surface area contributed by atoms with Crippen molar-refractivity contribution in [1.82, 2.24) is 30.2 Å². The average molecular weight is 827 g/mol. The summed E-state index contributed by atoms with van der Waals surface area (Å²) in [4.78, 5) is 66.5. The van der Waals surface area contributed by atoms with Crippen molar-refractivity contribution in [2.24, 2.45) is 5.92 Å². The average Bonchev–Trinajstić information content (AvgIpc) is 4.11. The Labute approximate surface area is 342 Å². The van der Waals surface area contributed by atoms with E-state index in [2.05, 4.69) is 36.1 Å². The lowest BCUT2D eigenvalue weighted by Crippen LogP contribution is -2.58. The van der Waals surface area contributed by atoms with Crippen LogP contribution in [0.15, 0.2) is 65.1 Å². The van der Waals surface area contributed by atoms with E-state index < -0.39 is 68.7 Å². The van der Waals surface area contributed by atoms with Crippen molar-refractivity contribution in [3.8, 4) is 17.3 Å². The molecule has 0 radical (unpaired) electrons. The van der Waals surface area contributed by atoms with Crippen LogP contribution < -0.4 is 20.1 Å². The Morgan fingerprint density at radius 1 is 1.00 bits per heavy atom. The second kappa shape index (κ2) is 15.6. The van der Waals surface area contributed by atoms with E-state index in [1.54, 1.807) is 0 Å². The zero-order valence-electron chi connectivity index (χ0n) is 33.7. The lowest BCUT2D eigenvalue weighted by molar-refractivity contribution is -0.141. The van der Waals surface area contributed by atoms with E-state index in [0.717, 1.165) is 29.4 Å². The highest BCUT2D eigenvalue weighted by atomic mass is 32.2. The first kappa shape index (κ1) is 40.3. The van der Waals surface area contributed by atoms with Gasteiger partial charge in [0.2, 0.25) is 27.4 Å². The number of fused-ring (bicyclic) bond motifs is 5. The van der Waals surface area contributed by atoms with Crippen molar-refractivity contribution in [1.29, 1.82) is 0 Å². The van der Waals surface area contributed by atoms with Crippen molar-refractivity contribution < 1.29 is 41.5 Å². The van der Waals surface area contributed by atoms with Crippen LogP contribution in [0.1, 0.15) is 84.1 Å². The van der Waals surface area contributed by atoms with Gasteiger partial charge in [-0.2, -0.15) is 4.98 Å². The lowest BCUT2D eigenvalue weighted by Gasteiger charge is -2.29. The molecule has 4 amide bonds. The summed E-state index contributed by atoms with van der Waals surface area (Å²) in [6.07, 6.45) is 6.44. The summed E-state index contributed by atoms with van der Waals surface area (Å²) in [5.74, 6) is -1.90. The van der Waals surface area contributed by atoms with Crippen LogP contribution in [0.25, 0.3) is 33.5 Å². The number of allylic oxidation sites excluding steroid dienone is 1. The highest BCUT2D eigenvalue weighted by Gasteiger charge is 2.62. The number of hydrogen-bond donors (Lipinski definition) is 3. The molecule has 59 heavy (non-hydrogen) atoms. The lowest BCUT2D eigenvalue weighted by atomic mass is 9.87. The Hall–Kier alpha value is -5.51. The van der Waals surface area contributed by atoms with Gasteiger partial charge in [0.05, 0.1) is 18.9 Å². The zero-order valence-corrected chi connectivity index (χ0v) is 34.5. The van der Waals surface area contributed by atoms with Gasteiger partial charge in [0.1, 0.15) is 34.8 Å². The minimum Gasteiger partial charge on any atom is -0.470 e. The van der Waals surface area contributed by atoms with Gasteiger partial charge < -0.3 is 29.4 Å². The van der Waals surface area contributed by atoms with Crippen LogP contribution in [-0.4, -0.2) is 89.7 Å². The van der Waals surface area contributed by atoms with E-state index in [0.29, 0.717) is 54.6 Å². The molecule has 1 saturated heterocycles. The van der Waals surface area contributed by atoms with E-state index >= 15 is 0 Å². The molecule has 2 aromatic heterocycles. The van der Waals surface area contributed by atoms with Gasteiger partial charge in [0, 0.05) is 23.3 Å². The molecular weight excluding hydrogens is 777 g/mol. The fourth-order valence-corrected chi connectivity index (χ4v) is 9.46. The maximum Gasteiger partial charge on any atom is 0.407 e. The quantitative estimate of drug-likeness (QED) is 0.201. The van der Waals surface area contributed by atoms with Gasteiger partial charge in [-0.1, -0.05) is 82.2 Å². The van der Waals surface area contributed by atoms with Gasteiger partial charge in [-0.15, -0.1) is 0 Å². The highest BCUT2D eigenvalue weighted by Crippen LogP contribution is 2.46. The third-order valence-electron chi connectivity index (χ3n) is 11.8. The predicted octanol–water partition coefficient (Wildman–Crippen LogP) is 5.42. The number of methoxy groups -OCH3 is 1. The third kappa shape index (κ3) is 8.23. The Morgan fingerprint density at radius 3 is 2.49 bits per heavy atom. The number of sulfonamides is 1. The molecule has 0 bridgehead atoms. The summed E-state index contributed by atoms with van der Waals surface area (Å²) >= 11 is 0. The molecule has 4 heterocycles. The molecule has 2 aliphatic heterocycles. The van der Waals surface area contributed by atoms with Gasteiger partial charge in [-0.05, 0) is 61.6 Å². The van der Waals surface area contributed by atoms with Crippen LogP contribution in [-0.2, 0) is 34.6 Å². The molecule has 2 aliphatic carbocycles. The van der Waals surface area contributed by atoms with Crippen LogP contribution >= 0.6 is 0 Å². The van der Waals surface area contributed by atoms with Crippen LogP contribution in [0, 0.1) is 5.92 Å². The number of rotatable bonds is 7. The van der Waals surface area contributed by atoms with Crippen molar-refractivity contribution in [3.05, 3.63) is 66.2 Å². The smallest absolute Gasteiger partial charge is 0.407 e. The monoisotopic (exact) mass is 826 g/mol. The molecule has 312 valence electrons. The Bertz CT molecular complexity index is 2440. The highest BCUT2D eigenvalue weighted by molar-refractivity contribution is 7.91. The summed E-state index contributed by atoms with van der Waals surface area (Å²) in [6.45, 7) is 6.33. The maximum absolute atomic E-state index is 14.5. The van der Waals surface area contributed by atoms with Crippen molar-refractivity contribution in [3.63, 3.8) is 0 Å². The molecule has 16 heteroatoms. The van der Waals surface area contributed by atoms with Crippen LogP contribution in [0.4, 0.5) is 4.79 Å². The van der Waals surface area contributed by atoms with Crippen LogP contribution in [0.2, 0.25) is 0 Å². The molecule has 15 nitrogen and oxygen atoms in total. The molecule has 4 aromatic rings. The van der Waals surface area contributed by atoms with Crippen LogP contribution in [0.3, 0.4) is 0 Å². The Balaban J connectivity index is 1.15. The van der Waals surface area contributed by atoms with Crippen LogP contribution in [0.5, 0.6) is 5.88 Å². The van der Waals surface area contributed by atoms with Gasteiger partial charge in [-0.3, -0.25) is 19.1 Å². The number of amides is 4. The number of benzene rings is 2. The molecule has 3 N–H and O–H groups in total. The number of alkyl carbamates (subject to hydrolysis) is 1. The van der Waals surface area contributed by atoms with Gasteiger partial charge in [-0.25, -0.2) is 18.2 Å². The number of para-hydroxylation sites is 1. The SMILES string of the molecule is COC(=O)NC1CCCCC/C=C\C2CC2(C(=O)NS(=O)(=O)C2CC2)NC(=O)C2CC(Oc3nc(-c4ccc(C(C)(C)C)cc4)nc4c3oc3ccccc34)CN2C1=O. The van der Waals surface area contributed by atoms with Gasteiger partial charge in [0.15, 0.2) is 5.82 Å². The van der Waals surface area contributed by atoms with E-state index in [1.807, 2.05) is 60.7 Å². The molecule has 4 aliphatic rings. The molecule has 2 saturated carbocycles. The number of nitrogens with zero attached hydrogens (tertiary/aromatic N) is 3. The van der Waals surface area contributed by atoms with E-state index in [9.17, 15) is 27.6 Å². The molecule has 0 spiro atoms. The first-order chi connectivity index (χ1) is 28.2. The Morgan fingerprint density at radius 2 is 1.76 bits per heavy atom. The standard InChI is InChI=1S/C43H50N6O9S/c1-42(2,3)26-18-16-25(17-19-26)36-45-34-30-13-10-11-15-33(30)58-35(34)38(46-36)57-28-22-32-37(50)47-43(40(52)48-59(54,55)29-20-21-29)23-27(43)12-8-6-5-7-9-14-31(44-41(53)56-4)39(51)49(32)24-28/h8,10-13,15-19,27-29,31-32H,5-7,9,14,20-24H2,1-4H3,(H,44,53)(H,47,50)(H,48,52)/b12-8-. The summed E-state index contributed by atoms with van der Waals surface area (Å²) in [6, 6.07) is 13.3. The topological polar surface area (TPSA) is 199 Å². The number of hydrogen-bond acceptors (Lipinski definition) is 11. The molecule has 5 atom stereocenters. The first-order valence-corrected chi connectivity index (χ1v) is 21.9. The molecule has 2 aromatic carbocycles. The summed E-state index contributed by atoms with van der Waals surface area (Å²) < 4.78 is 45.8. The predicted molar refractivity (Wildman–Crippen MR) is 219 cm³/mol. The fourth-order valence-electron chi connectivity index (χ4n) is 8.10. The minimum absolute atomic E-state index is 0.0115. The van der Waals surface area contributed by atoms with E-state index in [4.69, 9.17) is 23.9 Å². The summed E-state index contributed by atoms with van der Waals surface area (Å²) in [5.41, 5.74) is 1.70. The maximum atomic E-state index is 14.5. The van der Waals surface area contributed by atoms with Crippen molar-refractivity contribution >= 4 is 55.9 Å². The fraction of sp³-hybridized carbons (Fsp3) is 0.488. The normalized spacial score (nSPS) is 25.9. The third-order valence-corrected chi connectivity index (χ3v) is 13.6. The molecular formula is C43H50N6O9S. The Kier molecular flexibility index (Phi) is 10.6. The second-order valence-corrected chi connectivity index (χ2v) is 19.1. The van der Waals surface area contributed by atoms with E-state index in [-0.39, 0.29) is 30.7 Å². The number of carbonyl (C=O) groups excluding carboxylic acids is 4. The molecule has 3 fully saturated rings. The van der Waals surface area contributed by atoms with E-state index in [1.165, 1.54) is 12.0 Å². The van der Waals surface area contributed by atoms with Crippen molar-refractivity contribution in [2.45, 2.75) is 113 Å². The van der Waals surface area contributed by atoms with Gasteiger partial charge in [0.25, 0.3) is 11.8 Å². The number of carbonyl (C=O) groups is 4. The molecule has 8 rings (SSSR count). The number of ether oxygens (including phenoxy) is 2. The first-order valence-electron chi connectivity index (χ1n) is 20.3. The number of furan rings is 1. The molecule has 5 unspecified atom stereocenters. The minimum atomic E-state index is -3.91. The largest absolute Gasteiger partial charge is 0.470 e. The second-order valence-electron chi connectivity index (χ2n) is 17.1. The van der Waals surface area contributed by atoms with Gasteiger partial charge >= 0.3 is 6.09 Å². The van der Waals surface area contributed by atoms with Crippen molar-refractivity contribution in [2.75, 3.05) is 13.7 Å². The summed E-state index contributed by atoms with van der Waals surface area (Å²) in [5, 5.41) is 5.66. The summed E-state index contributed by atoms with van der Waals surface area (Å²) in [7, 11) is -2.70. The number of nitrogens with one attached hydrogen (secondary N) is 3.